The molecule has 0 spiro atoms. The summed E-state index contributed by atoms with van der Waals surface area (Å²) >= 11 is 12.3. The maximum atomic E-state index is 12.5. The van der Waals surface area contributed by atoms with E-state index in [2.05, 4.69) is 10.0 Å². The highest BCUT2D eigenvalue weighted by molar-refractivity contribution is 7.92. The molecule has 2 atom stereocenters. The number of hydrogen-bond acceptors (Lipinski definition) is 3. The number of amides is 1. The molecule has 25 heavy (non-hydrogen) atoms. The Morgan fingerprint density at radius 2 is 1.84 bits per heavy atom. The average molecular weight is 399 g/mol. The van der Waals surface area contributed by atoms with Crippen molar-refractivity contribution in [3.05, 3.63) is 63.6 Å². The summed E-state index contributed by atoms with van der Waals surface area (Å²) in [5, 5.41) is 3.91. The van der Waals surface area contributed by atoms with Gasteiger partial charge in [-0.05, 0) is 30.2 Å². The normalized spacial score (nSPS) is 19.3. The van der Waals surface area contributed by atoms with Gasteiger partial charge in [-0.1, -0.05) is 47.5 Å². The molecule has 0 saturated heterocycles. The van der Waals surface area contributed by atoms with Crippen molar-refractivity contribution in [2.24, 2.45) is 0 Å². The Hall–Kier alpha value is -1.76. The number of sulfonamides is 1. The van der Waals surface area contributed by atoms with Crippen LogP contribution in [0.4, 0.5) is 5.69 Å². The number of carbonyl (C=O) groups is 1. The fourth-order valence-corrected chi connectivity index (χ4v) is 3.75. The van der Waals surface area contributed by atoms with E-state index >= 15 is 0 Å². The van der Waals surface area contributed by atoms with Crippen molar-refractivity contribution >= 4 is 44.8 Å². The van der Waals surface area contributed by atoms with Crippen LogP contribution in [0.5, 0.6) is 0 Å². The lowest BCUT2D eigenvalue weighted by molar-refractivity contribution is 0.0951. The molecule has 1 aliphatic rings. The number of benzene rings is 2. The van der Waals surface area contributed by atoms with E-state index in [4.69, 9.17) is 23.2 Å². The fraction of sp³-hybridized carbons (Fsp3) is 0.235. The van der Waals surface area contributed by atoms with E-state index in [0.29, 0.717) is 10.0 Å². The van der Waals surface area contributed by atoms with Crippen LogP contribution in [0.2, 0.25) is 10.0 Å². The SMILES string of the molecule is CS(=O)(=O)Nc1ccccc1C(=O)N[C@@H]1C[C@H]1c1cccc(Cl)c1Cl. The molecule has 1 aliphatic carbocycles. The standard InChI is InChI=1S/C17H16Cl2N2O3S/c1-25(23,24)21-14-8-3-2-5-11(14)17(22)20-15-9-12(15)10-6-4-7-13(18)16(10)19/h2-8,12,15,21H,9H2,1H3,(H,20,22)/t12-,15+/m0/s1. The van der Waals surface area contributed by atoms with Gasteiger partial charge in [-0.2, -0.15) is 0 Å². The molecule has 1 amide bonds. The van der Waals surface area contributed by atoms with Crippen molar-refractivity contribution in [1.82, 2.24) is 5.32 Å². The summed E-state index contributed by atoms with van der Waals surface area (Å²) in [7, 11) is -3.47. The van der Waals surface area contributed by atoms with E-state index in [-0.39, 0.29) is 29.1 Å². The Morgan fingerprint density at radius 3 is 2.56 bits per heavy atom. The molecule has 0 aromatic heterocycles. The van der Waals surface area contributed by atoms with Gasteiger partial charge < -0.3 is 5.32 Å². The lowest BCUT2D eigenvalue weighted by Crippen LogP contribution is -2.28. The van der Waals surface area contributed by atoms with E-state index in [1.54, 1.807) is 30.3 Å². The molecule has 2 aromatic carbocycles. The van der Waals surface area contributed by atoms with Crippen LogP contribution in [0.15, 0.2) is 42.5 Å². The summed E-state index contributed by atoms with van der Waals surface area (Å²) in [6, 6.07) is 11.8. The minimum absolute atomic E-state index is 0.0604. The number of halogens is 2. The van der Waals surface area contributed by atoms with Gasteiger partial charge in [-0.3, -0.25) is 9.52 Å². The number of anilines is 1. The van der Waals surface area contributed by atoms with Gasteiger partial charge in [-0.25, -0.2) is 8.42 Å². The van der Waals surface area contributed by atoms with Crippen LogP contribution in [0.1, 0.15) is 28.3 Å². The van der Waals surface area contributed by atoms with Crippen LogP contribution in [-0.2, 0) is 10.0 Å². The zero-order valence-electron chi connectivity index (χ0n) is 13.3. The first-order valence-electron chi connectivity index (χ1n) is 7.58. The van der Waals surface area contributed by atoms with Gasteiger partial charge in [0.1, 0.15) is 0 Å². The van der Waals surface area contributed by atoms with Crippen LogP contribution in [-0.4, -0.2) is 26.6 Å². The van der Waals surface area contributed by atoms with E-state index in [0.717, 1.165) is 18.2 Å². The molecule has 2 aromatic rings. The van der Waals surface area contributed by atoms with E-state index in [9.17, 15) is 13.2 Å². The lowest BCUT2D eigenvalue weighted by Gasteiger charge is -2.11. The molecule has 132 valence electrons. The topological polar surface area (TPSA) is 75.3 Å². The molecule has 2 N–H and O–H groups in total. The van der Waals surface area contributed by atoms with Crippen molar-refractivity contribution in [2.75, 3.05) is 11.0 Å². The molecule has 0 radical (unpaired) electrons. The van der Waals surface area contributed by atoms with Gasteiger partial charge in [-0.15, -0.1) is 0 Å². The third-order valence-corrected chi connectivity index (χ3v) is 5.38. The largest absolute Gasteiger partial charge is 0.349 e. The van der Waals surface area contributed by atoms with E-state index in [1.165, 1.54) is 0 Å². The molecular formula is C17H16Cl2N2O3S. The molecule has 1 saturated carbocycles. The van der Waals surface area contributed by atoms with Crippen molar-refractivity contribution in [3.63, 3.8) is 0 Å². The fourth-order valence-electron chi connectivity index (χ4n) is 2.72. The molecule has 0 aliphatic heterocycles. The summed E-state index contributed by atoms with van der Waals surface area (Å²) in [6.07, 6.45) is 1.80. The smallest absolute Gasteiger partial charge is 0.253 e. The minimum Gasteiger partial charge on any atom is -0.349 e. The van der Waals surface area contributed by atoms with Crippen LogP contribution >= 0.6 is 23.2 Å². The van der Waals surface area contributed by atoms with Gasteiger partial charge >= 0.3 is 0 Å². The second-order valence-corrected chi connectivity index (χ2v) is 8.52. The summed E-state index contributed by atoms with van der Waals surface area (Å²) in [5.41, 5.74) is 1.43. The van der Waals surface area contributed by atoms with Gasteiger partial charge in [0, 0.05) is 12.0 Å². The molecule has 0 bridgehead atoms. The maximum Gasteiger partial charge on any atom is 0.253 e. The molecule has 1 fully saturated rings. The monoisotopic (exact) mass is 398 g/mol. The minimum atomic E-state index is -3.47. The zero-order chi connectivity index (χ0) is 18.2. The highest BCUT2D eigenvalue weighted by atomic mass is 35.5. The van der Waals surface area contributed by atoms with Gasteiger partial charge in [0.2, 0.25) is 10.0 Å². The molecule has 3 rings (SSSR count). The molecule has 0 unspecified atom stereocenters. The molecule has 5 nitrogen and oxygen atoms in total. The average Bonchev–Trinajstić information content (AvgIpc) is 3.27. The van der Waals surface area contributed by atoms with Gasteiger partial charge in [0.05, 0.1) is 27.6 Å². The third-order valence-electron chi connectivity index (χ3n) is 3.95. The third kappa shape index (κ3) is 4.26. The number of para-hydroxylation sites is 1. The Balaban J connectivity index is 1.74. The Bertz CT molecular complexity index is 931. The Kier molecular flexibility index (Phi) is 4.95. The number of rotatable bonds is 5. The van der Waals surface area contributed by atoms with E-state index < -0.39 is 10.0 Å². The summed E-state index contributed by atoms with van der Waals surface area (Å²) in [6.45, 7) is 0. The highest BCUT2D eigenvalue weighted by Crippen LogP contribution is 2.45. The summed E-state index contributed by atoms with van der Waals surface area (Å²) in [4.78, 5) is 12.5. The first kappa shape index (κ1) is 18.0. The second kappa shape index (κ2) is 6.86. The molecule has 8 heteroatoms. The van der Waals surface area contributed by atoms with Crippen LogP contribution in [0, 0.1) is 0 Å². The first-order valence-corrected chi connectivity index (χ1v) is 10.2. The highest BCUT2D eigenvalue weighted by Gasteiger charge is 2.41. The van der Waals surface area contributed by atoms with Crippen molar-refractivity contribution in [2.45, 2.75) is 18.4 Å². The van der Waals surface area contributed by atoms with Crippen molar-refractivity contribution in [1.29, 1.82) is 0 Å². The predicted octanol–water partition coefficient (Wildman–Crippen LogP) is 3.65. The Labute approximate surface area is 156 Å². The summed E-state index contributed by atoms with van der Waals surface area (Å²) in [5.74, 6) is -0.234. The second-order valence-electron chi connectivity index (χ2n) is 5.99. The van der Waals surface area contributed by atoms with Crippen LogP contribution in [0.3, 0.4) is 0 Å². The van der Waals surface area contributed by atoms with Crippen molar-refractivity contribution < 1.29 is 13.2 Å². The summed E-state index contributed by atoms with van der Waals surface area (Å²) < 4.78 is 25.2. The Morgan fingerprint density at radius 1 is 1.12 bits per heavy atom. The molecule has 0 heterocycles. The number of nitrogens with one attached hydrogen (secondary N) is 2. The maximum absolute atomic E-state index is 12.5. The lowest BCUT2D eigenvalue weighted by atomic mass is 10.1. The van der Waals surface area contributed by atoms with Crippen LogP contribution < -0.4 is 10.0 Å². The number of carbonyl (C=O) groups excluding carboxylic acids is 1. The van der Waals surface area contributed by atoms with Crippen LogP contribution in [0.25, 0.3) is 0 Å². The van der Waals surface area contributed by atoms with Gasteiger partial charge in [0.25, 0.3) is 5.91 Å². The van der Waals surface area contributed by atoms with Crippen molar-refractivity contribution in [3.8, 4) is 0 Å². The quantitative estimate of drug-likeness (QED) is 0.806. The zero-order valence-corrected chi connectivity index (χ0v) is 15.6. The van der Waals surface area contributed by atoms with E-state index in [1.807, 2.05) is 12.1 Å². The predicted molar refractivity (Wildman–Crippen MR) is 100.0 cm³/mol. The number of hydrogen-bond donors (Lipinski definition) is 2. The molecular weight excluding hydrogens is 383 g/mol. The van der Waals surface area contributed by atoms with Gasteiger partial charge in [0.15, 0.2) is 0 Å². The first-order chi connectivity index (χ1) is 11.8.